The van der Waals surface area contributed by atoms with Crippen LogP contribution in [0.15, 0.2) is 0 Å². The van der Waals surface area contributed by atoms with Crippen LogP contribution in [0.2, 0.25) is 0 Å². The summed E-state index contributed by atoms with van der Waals surface area (Å²) in [6, 6.07) is 0. The maximum Gasteiger partial charge on any atom is 0.248 e. The number of hydrogen-bond acceptors (Lipinski definition) is 4. The van der Waals surface area contributed by atoms with Crippen LogP contribution in [-0.2, 0) is 14.3 Å². The van der Waals surface area contributed by atoms with Crippen molar-refractivity contribution in [3.05, 3.63) is 0 Å². The SMILES string of the molecule is CCOCCOC(C)C(=O)NCCNC. The van der Waals surface area contributed by atoms with Crippen LogP contribution in [0, 0.1) is 0 Å². The minimum atomic E-state index is -0.415. The van der Waals surface area contributed by atoms with Gasteiger partial charge in [-0.3, -0.25) is 4.79 Å². The Morgan fingerprint density at radius 1 is 1.33 bits per heavy atom. The third kappa shape index (κ3) is 8.35. The van der Waals surface area contributed by atoms with Crippen molar-refractivity contribution in [2.75, 3.05) is 40.0 Å². The lowest BCUT2D eigenvalue weighted by Gasteiger charge is -2.13. The molecule has 0 bridgehead atoms. The van der Waals surface area contributed by atoms with Crippen molar-refractivity contribution in [2.45, 2.75) is 20.0 Å². The Balaban J connectivity index is 3.42. The molecule has 0 aliphatic heterocycles. The molecule has 2 N–H and O–H groups in total. The van der Waals surface area contributed by atoms with Crippen LogP contribution in [0.4, 0.5) is 0 Å². The maximum atomic E-state index is 11.4. The molecule has 0 spiro atoms. The van der Waals surface area contributed by atoms with Gasteiger partial charge in [0.1, 0.15) is 6.10 Å². The number of amides is 1. The van der Waals surface area contributed by atoms with Crippen molar-refractivity contribution in [3.8, 4) is 0 Å². The number of nitrogens with one attached hydrogen (secondary N) is 2. The molecule has 1 amide bonds. The van der Waals surface area contributed by atoms with Crippen molar-refractivity contribution in [2.24, 2.45) is 0 Å². The summed E-state index contributed by atoms with van der Waals surface area (Å²) in [5.41, 5.74) is 0. The highest BCUT2D eigenvalue weighted by Gasteiger charge is 2.11. The zero-order chi connectivity index (χ0) is 11.5. The Hall–Kier alpha value is -0.650. The number of hydrogen-bond donors (Lipinski definition) is 2. The second kappa shape index (κ2) is 9.89. The summed E-state index contributed by atoms with van der Waals surface area (Å²) in [5.74, 6) is -0.0817. The molecule has 0 rings (SSSR count). The zero-order valence-corrected chi connectivity index (χ0v) is 9.84. The van der Waals surface area contributed by atoms with E-state index in [1.54, 1.807) is 6.92 Å². The number of carbonyl (C=O) groups excluding carboxylic acids is 1. The van der Waals surface area contributed by atoms with Crippen molar-refractivity contribution < 1.29 is 14.3 Å². The zero-order valence-electron chi connectivity index (χ0n) is 9.84. The quantitative estimate of drug-likeness (QED) is 0.525. The molecule has 0 aromatic carbocycles. The predicted molar refractivity (Wildman–Crippen MR) is 58.8 cm³/mol. The summed E-state index contributed by atoms with van der Waals surface area (Å²) >= 11 is 0. The van der Waals surface area contributed by atoms with Crippen LogP contribution >= 0.6 is 0 Å². The topological polar surface area (TPSA) is 59.6 Å². The third-order valence-electron chi connectivity index (χ3n) is 1.84. The van der Waals surface area contributed by atoms with E-state index in [0.717, 1.165) is 6.54 Å². The van der Waals surface area contributed by atoms with Crippen LogP contribution < -0.4 is 10.6 Å². The van der Waals surface area contributed by atoms with Crippen LogP contribution in [0.3, 0.4) is 0 Å². The Kier molecular flexibility index (Phi) is 9.46. The molecule has 0 saturated carbocycles. The Bertz CT molecular complexity index is 165. The first kappa shape index (κ1) is 14.3. The molecule has 0 radical (unpaired) electrons. The van der Waals surface area contributed by atoms with Gasteiger partial charge in [-0.2, -0.15) is 0 Å². The van der Waals surface area contributed by atoms with Gasteiger partial charge in [0.25, 0.3) is 0 Å². The predicted octanol–water partition coefficient (Wildman–Crippen LogP) is -0.236. The molecule has 90 valence electrons. The average Bonchev–Trinajstić information content (AvgIpc) is 2.24. The third-order valence-corrected chi connectivity index (χ3v) is 1.84. The molecule has 0 aromatic rings. The van der Waals surface area contributed by atoms with Gasteiger partial charge in [-0.15, -0.1) is 0 Å². The summed E-state index contributed by atoms with van der Waals surface area (Å²) in [6.07, 6.45) is -0.415. The van der Waals surface area contributed by atoms with Gasteiger partial charge >= 0.3 is 0 Å². The minimum absolute atomic E-state index is 0.0817. The molecule has 15 heavy (non-hydrogen) atoms. The number of ether oxygens (including phenoxy) is 2. The van der Waals surface area contributed by atoms with Crippen LogP contribution in [0.5, 0.6) is 0 Å². The summed E-state index contributed by atoms with van der Waals surface area (Å²) in [7, 11) is 1.84. The van der Waals surface area contributed by atoms with Gasteiger partial charge in [0.05, 0.1) is 13.2 Å². The summed E-state index contributed by atoms with van der Waals surface area (Å²) in [4.78, 5) is 11.4. The molecule has 0 aromatic heterocycles. The van der Waals surface area contributed by atoms with E-state index < -0.39 is 6.10 Å². The number of likely N-dealkylation sites (N-methyl/N-ethyl adjacent to an activating group) is 1. The first-order valence-electron chi connectivity index (χ1n) is 5.34. The average molecular weight is 218 g/mol. The highest BCUT2D eigenvalue weighted by Crippen LogP contribution is 1.90. The molecule has 0 aliphatic rings. The molecule has 5 nitrogen and oxygen atoms in total. The number of rotatable bonds is 9. The number of carbonyl (C=O) groups is 1. The van der Waals surface area contributed by atoms with E-state index in [-0.39, 0.29) is 5.91 Å². The fourth-order valence-electron chi connectivity index (χ4n) is 0.958. The van der Waals surface area contributed by atoms with Gasteiger partial charge in [0, 0.05) is 19.7 Å². The van der Waals surface area contributed by atoms with Gasteiger partial charge in [-0.05, 0) is 20.9 Å². The summed E-state index contributed by atoms with van der Waals surface area (Å²) < 4.78 is 10.4. The molecule has 1 unspecified atom stereocenters. The first-order valence-corrected chi connectivity index (χ1v) is 5.34. The van der Waals surface area contributed by atoms with E-state index in [1.807, 2.05) is 14.0 Å². The lowest BCUT2D eigenvalue weighted by molar-refractivity contribution is -0.132. The monoisotopic (exact) mass is 218 g/mol. The molecular formula is C10H22N2O3. The van der Waals surface area contributed by atoms with E-state index in [2.05, 4.69) is 10.6 Å². The molecular weight excluding hydrogens is 196 g/mol. The second-order valence-corrected chi connectivity index (χ2v) is 3.10. The first-order chi connectivity index (χ1) is 7.22. The molecule has 0 fully saturated rings. The molecule has 0 heterocycles. The molecule has 0 aliphatic carbocycles. The van der Waals surface area contributed by atoms with E-state index in [4.69, 9.17) is 9.47 Å². The van der Waals surface area contributed by atoms with Gasteiger partial charge in [-0.25, -0.2) is 0 Å². The molecule has 5 heteroatoms. The van der Waals surface area contributed by atoms with E-state index in [1.165, 1.54) is 0 Å². The van der Waals surface area contributed by atoms with Gasteiger partial charge in [0.2, 0.25) is 5.91 Å². The van der Waals surface area contributed by atoms with Gasteiger partial charge in [-0.1, -0.05) is 0 Å². The highest BCUT2D eigenvalue weighted by molar-refractivity contribution is 5.80. The van der Waals surface area contributed by atoms with Crippen LogP contribution in [0.25, 0.3) is 0 Å². The smallest absolute Gasteiger partial charge is 0.248 e. The minimum Gasteiger partial charge on any atom is -0.379 e. The van der Waals surface area contributed by atoms with Crippen molar-refractivity contribution in [1.29, 1.82) is 0 Å². The van der Waals surface area contributed by atoms with E-state index in [9.17, 15) is 4.79 Å². The second-order valence-electron chi connectivity index (χ2n) is 3.10. The van der Waals surface area contributed by atoms with E-state index >= 15 is 0 Å². The molecule has 0 saturated heterocycles. The maximum absolute atomic E-state index is 11.4. The highest BCUT2D eigenvalue weighted by atomic mass is 16.5. The fourth-order valence-corrected chi connectivity index (χ4v) is 0.958. The summed E-state index contributed by atoms with van der Waals surface area (Å²) in [6.45, 7) is 6.70. The van der Waals surface area contributed by atoms with Crippen molar-refractivity contribution >= 4 is 5.91 Å². The van der Waals surface area contributed by atoms with Crippen molar-refractivity contribution in [1.82, 2.24) is 10.6 Å². The Morgan fingerprint density at radius 3 is 2.67 bits per heavy atom. The standard InChI is InChI=1S/C10H22N2O3/c1-4-14-7-8-15-9(2)10(13)12-6-5-11-3/h9,11H,4-8H2,1-3H3,(H,12,13). The largest absolute Gasteiger partial charge is 0.379 e. The summed E-state index contributed by atoms with van der Waals surface area (Å²) in [5, 5.41) is 5.70. The lowest BCUT2D eigenvalue weighted by atomic mass is 10.3. The van der Waals surface area contributed by atoms with Gasteiger partial charge < -0.3 is 20.1 Å². The molecule has 1 atom stereocenters. The van der Waals surface area contributed by atoms with Crippen LogP contribution in [-0.4, -0.2) is 52.0 Å². The Morgan fingerprint density at radius 2 is 2.07 bits per heavy atom. The van der Waals surface area contributed by atoms with Crippen LogP contribution in [0.1, 0.15) is 13.8 Å². The lowest BCUT2D eigenvalue weighted by Crippen LogP contribution is -2.38. The Labute approximate surface area is 91.5 Å². The van der Waals surface area contributed by atoms with Gasteiger partial charge in [0.15, 0.2) is 0 Å². The fraction of sp³-hybridized carbons (Fsp3) is 0.900. The van der Waals surface area contributed by atoms with Crippen molar-refractivity contribution in [3.63, 3.8) is 0 Å². The normalized spacial score (nSPS) is 12.5. The van der Waals surface area contributed by atoms with E-state index in [0.29, 0.717) is 26.4 Å².